The zero-order valence-corrected chi connectivity index (χ0v) is 11.6. The van der Waals surface area contributed by atoms with E-state index in [-0.39, 0.29) is 5.69 Å². The fraction of sp³-hybridized carbons (Fsp3) is 0.143. The number of alkyl halides is 3. The lowest BCUT2D eigenvalue weighted by Gasteiger charge is -2.11. The van der Waals surface area contributed by atoms with Crippen molar-refractivity contribution in [3.63, 3.8) is 0 Å². The van der Waals surface area contributed by atoms with E-state index in [0.717, 1.165) is 5.56 Å². The first-order valence-electron chi connectivity index (χ1n) is 5.98. The van der Waals surface area contributed by atoms with E-state index in [1.807, 2.05) is 35.1 Å². The van der Waals surface area contributed by atoms with Crippen LogP contribution in [-0.2, 0) is 10.0 Å². The van der Waals surface area contributed by atoms with Gasteiger partial charge < -0.3 is 0 Å². The second-order valence-corrected chi connectivity index (χ2v) is 6.15. The average Bonchev–Trinajstić information content (AvgIpc) is 2.36. The molecule has 0 fully saturated rings. The maximum atomic E-state index is 12.2. The SMILES string of the molecule is O=S(=O)(CC(F)(F)F)Nc1cccc(-c2ccccc2)c1. The smallest absolute Gasteiger partial charge is 0.283 e. The minimum absolute atomic E-state index is 0.0978. The van der Waals surface area contributed by atoms with Gasteiger partial charge in [0.2, 0.25) is 10.0 Å². The van der Waals surface area contributed by atoms with E-state index in [2.05, 4.69) is 0 Å². The van der Waals surface area contributed by atoms with Crippen molar-refractivity contribution < 1.29 is 21.6 Å². The number of sulfonamides is 1. The van der Waals surface area contributed by atoms with Crippen LogP contribution in [0.2, 0.25) is 0 Å². The molecule has 21 heavy (non-hydrogen) atoms. The van der Waals surface area contributed by atoms with Crippen LogP contribution in [0.4, 0.5) is 18.9 Å². The monoisotopic (exact) mass is 315 g/mol. The molecule has 0 spiro atoms. The molecule has 3 nitrogen and oxygen atoms in total. The number of hydrogen-bond acceptors (Lipinski definition) is 2. The summed E-state index contributed by atoms with van der Waals surface area (Å²) in [6, 6.07) is 15.3. The summed E-state index contributed by atoms with van der Waals surface area (Å²) in [6.07, 6.45) is -4.77. The molecule has 0 unspecified atom stereocenters. The fourth-order valence-corrected chi connectivity index (χ4v) is 2.81. The topological polar surface area (TPSA) is 46.2 Å². The Morgan fingerprint density at radius 2 is 1.52 bits per heavy atom. The van der Waals surface area contributed by atoms with Crippen LogP contribution in [0.5, 0.6) is 0 Å². The summed E-state index contributed by atoms with van der Waals surface area (Å²) in [5.74, 6) is -1.91. The lowest BCUT2D eigenvalue weighted by molar-refractivity contribution is -0.106. The molecular weight excluding hydrogens is 303 g/mol. The standard InChI is InChI=1S/C14H12F3NO2S/c15-14(16,17)10-21(19,20)18-13-8-4-7-12(9-13)11-5-2-1-3-6-11/h1-9,18H,10H2. The van der Waals surface area contributed by atoms with Crippen LogP contribution < -0.4 is 4.72 Å². The average molecular weight is 315 g/mol. The molecule has 0 aromatic heterocycles. The molecule has 2 aromatic carbocycles. The highest BCUT2D eigenvalue weighted by molar-refractivity contribution is 7.92. The summed E-state index contributed by atoms with van der Waals surface area (Å²) < 4.78 is 61.3. The Kier molecular flexibility index (Phi) is 4.22. The molecule has 7 heteroatoms. The Morgan fingerprint density at radius 1 is 0.905 bits per heavy atom. The second-order valence-electron chi connectivity index (χ2n) is 4.42. The Labute approximate surface area is 120 Å². The molecule has 2 rings (SSSR count). The van der Waals surface area contributed by atoms with Crippen molar-refractivity contribution in [2.45, 2.75) is 6.18 Å². The van der Waals surface area contributed by atoms with Gasteiger partial charge in [-0.05, 0) is 23.3 Å². The number of rotatable bonds is 4. The minimum Gasteiger partial charge on any atom is -0.283 e. The molecule has 2 aromatic rings. The molecule has 0 bridgehead atoms. The van der Waals surface area contributed by atoms with E-state index in [1.54, 1.807) is 12.1 Å². The summed E-state index contributed by atoms with van der Waals surface area (Å²) in [4.78, 5) is 0. The first kappa shape index (κ1) is 15.4. The molecule has 0 aliphatic carbocycles. The van der Waals surface area contributed by atoms with Gasteiger partial charge in [0, 0.05) is 5.69 Å². The van der Waals surface area contributed by atoms with Gasteiger partial charge in [0.15, 0.2) is 5.75 Å². The lowest BCUT2D eigenvalue weighted by Crippen LogP contribution is -2.27. The second kappa shape index (κ2) is 5.77. The number of halogens is 3. The summed E-state index contributed by atoms with van der Waals surface area (Å²) in [5, 5.41) is 0. The van der Waals surface area contributed by atoms with Gasteiger partial charge in [0.25, 0.3) is 0 Å². The molecule has 0 aliphatic heterocycles. The molecular formula is C14H12F3NO2S. The van der Waals surface area contributed by atoms with E-state index >= 15 is 0 Å². The van der Waals surface area contributed by atoms with E-state index in [9.17, 15) is 21.6 Å². The van der Waals surface area contributed by atoms with Crippen molar-refractivity contribution in [3.8, 4) is 11.1 Å². The predicted octanol–water partition coefficient (Wildman–Crippen LogP) is 3.66. The Hall–Kier alpha value is -2.02. The van der Waals surface area contributed by atoms with Crippen LogP contribution >= 0.6 is 0 Å². The van der Waals surface area contributed by atoms with Gasteiger partial charge in [0.1, 0.15) is 0 Å². The summed E-state index contributed by atoms with van der Waals surface area (Å²) in [5.41, 5.74) is 1.65. The van der Waals surface area contributed by atoms with Gasteiger partial charge in [0.05, 0.1) is 0 Å². The number of anilines is 1. The highest BCUT2D eigenvalue weighted by atomic mass is 32.2. The molecule has 112 valence electrons. The Bertz CT molecular complexity index is 712. The zero-order valence-electron chi connectivity index (χ0n) is 10.8. The fourth-order valence-electron chi connectivity index (χ4n) is 1.82. The summed E-state index contributed by atoms with van der Waals surface area (Å²) in [6.45, 7) is 0. The maximum absolute atomic E-state index is 12.2. The van der Waals surface area contributed by atoms with E-state index < -0.39 is 22.0 Å². The molecule has 0 amide bonds. The van der Waals surface area contributed by atoms with Crippen LogP contribution in [0.25, 0.3) is 11.1 Å². The molecule has 1 N–H and O–H groups in total. The van der Waals surface area contributed by atoms with E-state index in [4.69, 9.17) is 0 Å². The molecule has 0 saturated carbocycles. The normalized spacial score (nSPS) is 12.1. The van der Waals surface area contributed by atoms with Gasteiger partial charge in [-0.25, -0.2) is 8.42 Å². The molecule has 0 atom stereocenters. The number of hydrogen-bond donors (Lipinski definition) is 1. The van der Waals surface area contributed by atoms with Crippen molar-refractivity contribution in [1.29, 1.82) is 0 Å². The predicted molar refractivity (Wildman–Crippen MR) is 75.3 cm³/mol. The number of benzene rings is 2. The van der Waals surface area contributed by atoms with E-state index in [1.165, 1.54) is 12.1 Å². The molecule has 0 heterocycles. The summed E-state index contributed by atoms with van der Waals surface area (Å²) >= 11 is 0. The van der Waals surface area contributed by atoms with Crippen LogP contribution in [0.1, 0.15) is 0 Å². The van der Waals surface area contributed by atoms with Gasteiger partial charge >= 0.3 is 6.18 Å². The first-order valence-corrected chi connectivity index (χ1v) is 7.63. The third kappa shape index (κ3) is 4.78. The van der Waals surface area contributed by atoms with Crippen LogP contribution in [0.3, 0.4) is 0 Å². The van der Waals surface area contributed by atoms with Crippen molar-refractivity contribution >= 4 is 15.7 Å². The van der Waals surface area contributed by atoms with Gasteiger partial charge in [-0.1, -0.05) is 42.5 Å². The van der Waals surface area contributed by atoms with Crippen LogP contribution in [0.15, 0.2) is 54.6 Å². The van der Waals surface area contributed by atoms with Crippen LogP contribution in [-0.4, -0.2) is 20.3 Å². The van der Waals surface area contributed by atoms with E-state index in [0.29, 0.717) is 5.56 Å². The van der Waals surface area contributed by atoms with Gasteiger partial charge in [-0.3, -0.25) is 4.72 Å². The maximum Gasteiger partial charge on any atom is 0.404 e. The molecule has 0 saturated heterocycles. The van der Waals surface area contributed by atoms with Gasteiger partial charge in [-0.15, -0.1) is 0 Å². The lowest BCUT2D eigenvalue weighted by atomic mass is 10.1. The largest absolute Gasteiger partial charge is 0.404 e. The Morgan fingerprint density at radius 3 is 2.14 bits per heavy atom. The molecule has 0 aliphatic rings. The van der Waals surface area contributed by atoms with Crippen molar-refractivity contribution in [3.05, 3.63) is 54.6 Å². The minimum atomic E-state index is -4.77. The van der Waals surface area contributed by atoms with Crippen molar-refractivity contribution in [2.75, 3.05) is 10.5 Å². The third-order valence-electron chi connectivity index (χ3n) is 2.60. The Balaban J connectivity index is 2.23. The zero-order chi connectivity index (χ0) is 15.5. The highest BCUT2D eigenvalue weighted by Gasteiger charge is 2.35. The highest BCUT2D eigenvalue weighted by Crippen LogP contribution is 2.24. The van der Waals surface area contributed by atoms with Crippen molar-refractivity contribution in [1.82, 2.24) is 0 Å². The number of nitrogens with one attached hydrogen (secondary N) is 1. The third-order valence-corrected chi connectivity index (χ3v) is 3.85. The quantitative estimate of drug-likeness (QED) is 0.936. The summed E-state index contributed by atoms with van der Waals surface area (Å²) in [7, 11) is -4.47. The van der Waals surface area contributed by atoms with Crippen molar-refractivity contribution in [2.24, 2.45) is 0 Å². The molecule has 0 radical (unpaired) electrons. The van der Waals surface area contributed by atoms with Crippen LogP contribution in [0, 0.1) is 0 Å². The first-order chi connectivity index (χ1) is 9.75. The van der Waals surface area contributed by atoms with Gasteiger partial charge in [-0.2, -0.15) is 13.2 Å².